The smallest absolute Gasteiger partial charge is 0.270 e. The van der Waals surface area contributed by atoms with Crippen LogP contribution in [0.15, 0.2) is 97.1 Å². The molecule has 8 N–H and O–H groups in total. The number of fused-ring (bicyclic) bond motifs is 1. The van der Waals surface area contributed by atoms with Crippen LogP contribution >= 0.6 is 0 Å². The number of carbonyl (C=O) groups excluding carboxylic acids is 6. The number of primary amides is 1. The van der Waals surface area contributed by atoms with E-state index in [-0.39, 0.29) is 36.9 Å². The Hall–Kier alpha value is -6.19. The van der Waals surface area contributed by atoms with Gasteiger partial charge in [-0.05, 0) is 55.0 Å². The van der Waals surface area contributed by atoms with E-state index < -0.39 is 72.3 Å². The molecule has 1 aliphatic heterocycles. The molecule has 0 radical (unpaired) electrons. The highest BCUT2D eigenvalue weighted by atomic mass is 16.3. The molecule has 5 rings (SSSR count). The van der Waals surface area contributed by atoms with Crippen molar-refractivity contribution >= 4 is 46.3 Å². The molecule has 15 nitrogen and oxygen atoms in total. The summed E-state index contributed by atoms with van der Waals surface area (Å²) >= 11 is 0. The van der Waals surface area contributed by atoms with Gasteiger partial charge in [0.1, 0.15) is 23.8 Å². The fourth-order valence-corrected chi connectivity index (χ4v) is 7.43. The third-order valence-corrected chi connectivity index (χ3v) is 11.0. The number of nitrogens with one attached hydrogen (secondary N) is 5. The highest BCUT2D eigenvalue weighted by Gasteiger charge is 2.38. The Labute approximate surface area is 350 Å². The van der Waals surface area contributed by atoms with Gasteiger partial charge >= 0.3 is 0 Å². The van der Waals surface area contributed by atoms with Gasteiger partial charge in [-0.2, -0.15) is 0 Å². The van der Waals surface area contributed by atoms with Crippen molar-refractivity contribution in [1.29, 1.82) is 0 Å². The fraction of sp³-hybridized carbons (Fsp3) is 0.400. The number of likely N-dealkylation sites (tertiary alicyclic amines) is 1. The maximum atomic E-state index is 14.0. The minimum absolute atomic E-state index is 0.0141. The van der Waals surface area contributed by atoms with E-state index >= 15 is 0 Å². The molecule has 60 heavy (non-hydrogen) atoms. The van der Waals surface area contributed by atoms with Crippen molar-refractivity contribution in [1.82, 2.24) is 36.5 Å². The van der Waals surface area contributed by atoms with Crippen LogP contribution in [0, 0.1) is 5.92 Å². The predicted octanol–water partition coefficient (Wildman–Crippen LogP) is 1.77. The molecule has 7 atom stereocenters. The minimum Gasteiger partial charge on any atom is -0.390 e. The Balaban J connectivity index is 1.29. The van der Waals surface area contributed by atoms with E-state index in [0.717, 1.165) is 16.5 Å². The van der Waals surface area contributed by atoms with Gasteiger partial charge in [0.2, 0.25) is 29.5 Å². The first kappa shape index (κ1) is 44.9. The molecular formula is C45H56N8O7. The number of benzene rings is 3. The summed E-state index contributed by atoms with van der Waals surface area (Å²) in [7, 11) is 1.50. The lowest BCUT2D eigenvalue weighted by Crippen LogP contribution is -2.59. The number of nitrogens with two attached hydrogens (primary N) is 1. The van der Waals surface area contributed by atoms with Gasteiger partial charge in [-0.25, -0.2) is 4.98 Å². The van der Waals surface area contributed by atoms with Crippen LogP contribution in [-0.2, 0) is 36.8 Å². The molecule has 15 heteroatoms. The molecule has 6 amide bonds. The number of aliphatic hydroxyl groups is 1. The second-order valence-electron chi connectivity index (χ2n) is 15.3. The molecule has 1 fully saturated rings. The Morgan fingerprint density at radius 1 is 0.783 bits per heavy atom. The van der Waals surface area contributed by atoms with Gasteiger partial charge in [0.25, 0.3) is 5.91 Å². The van der Waals surface area contributed by atoms with E-state index in [4.69, 9.17) is 5.73 Å². The van der Waals surface area contributed by atoms with Gasteiger partial charge in [-0.1, -0.05) is 105 Å². The summed E-state index contributed by atoms with van der Waals surface area (Å²) < 4.78 is 0. The molecular weight excluding hydrogens is 765 g/mol. The van der Waals surface area contributed by atoms with E-state index in [1.54, 1.807) is 18.2 Å². The highest BCUT2D eigenvalue weighted by Crippen LogP contribution is 2.21. The number of carbonyl (C=O) groups is 6. The lowest BCUT2D eigenvalue weighted by Gasteiger charge is -2.33. The van der Waals surface area contributed by atoms with Crippen LogP contribution in [0.5, 0.6) is 0 Å². The second-order valence-corrected chi connectivity index (χ2v) is 15.3. The number of nitrogens with zero attached hydrogens (tertiary/aromatic N) is 2. The Bertz CT molecular complexity index is 2100. The minimum atomic E-state index is -1.38. The summed E-state index contributed by atoms with van der Waals surface area (Å²) in [6.07, 6.45) is 0.419. The average molecular weight is 821 g/mol. The molecule has 1 saturated heterocycles. The quantitative estimate of drug-likeness (QED) is 0.0689. The summed E-state index contributed by atoms with van der Waals surface area (Å²) in [4.78, 5) is 86.2. The monoisotopic (exact) mass is 820 g/mol. The number of hydrogen-bond acceptors (Lipinski definition) is 9. The zero-order chi connectivity index (χ0) is 43.2. The Morgan fingerprint density at radius 3 is 2.08 bits per heavy atom. The van der Waals surface area contributed by atoms with Crippen molar-refractivity contribution in [2.24, 2.45) is 11.7 Å². The molecule has 318 valence electrons. The number of aliphatic hydroxyl groups excluding tert-OH is 1. The van der Waals surface area contributed by atoms with E-state index in [1.165, 1.54) is 13.1 Å². The van der Waals surface area contributed by atoms with Crippen LogP contribution in [-0.4, -0.2) is 107 Å². The van der Waals surface area contributed by atoms with E-state index in [1.807, 2.05) is 91.5 Å². The molecule has 2 unspecified atom stereocenters. The van der Waals surface area contributed by atoms with Crippen molar-refractivity contribution in [3.63, 3.8) is 0 Å². The number of rotatable bonds is 20. The van der Waals surface area contributed by atoms with Crippen molar-refractivity contribution in [3.8, 4) is 0 Å². The molecule has 1 aromatic heterocycles. The third-order valence-electron chi connectivity index (χ3n) is 11.0. The van der Waals surface area contributed by atoms with Crippen molar-refractivity contribution in [2.45, 2.75) is 88.7 Å². The standard InChI is InChI=1S/C45H56N8O7/c1-4-28(2)40(45(60)51-35(41(56)47-3)25-30-16-9-6-10-17-30)52-44(59)37-20-13-23-53(37)27-38(54)34(24-29-14-7-5-8-15-29)49-43(58)36(26-39(46)55)50-42(57)33-22-21-31-18-11-12-19-32(31)48-33/h5-12,14-19,21-22,28,34-38,40,54H,4,13,20,23-27H2,1-3H3,(H2,46,55)(H,47,56)(H,49,58)(H,50,57)(H,51,60)(H,52,59)/t28?,34-,35-,36-,37-,38?,40-/m0/s1. The number of amides is 6. The van der Waals surface area contributed by atoms with Gasteiger partial charge in [-0.3, -0.25) is 33.7 Å². The van der Waals surface area contributed by atoms with Crippen LogP contribution in [0.1, 0.15) is 61.1 Å². The predicted molar refractivity (Wildman–Crippen MR) is 227 cm³/mol. The fourth-order valence-electron chi connectivity index (χ4n) is 7.43. The molecule has 0 spiro atoms. The molecule has 1 aliphatic rings. The van der Waals surface area contributed by atoms with Crippen LogP contribution in [0.3, 0.4) is 0 Å². The lowest BCUT2D eigenvalue weighted by atomic mass is 9.96. The largest absolute Gasteiger partial charge is 0.390 e. The van der Waals surface area contributed by atoms with E-state index in [9.17, 15) is 33.9 Å². The SMILES string of the molecule is CCC(C)[C@H](NC(=O)[C@@H]1CCCN1CC(O)[C@H](Cc1ccccc1)NC(=O)[C@H](CC(N)=O)NC(=O)c1ccc2ccccc2n1)C(=O)N[C@@H](Cc1ccccc1)C(=O)NC. The number of pyridine rings is 1. The van der Waals surface area contributed by atoms with Gasteiger partial charge in [-0.15, -0.1) is 0 Å². The lowest BCUT2D eigenvalue weighted by molar-refractivity contribution is -0.134. The van der Waals surface area contributed by atoms with E-state index in [2.05, 4.69) is 31.6 Å². The van der Waals surface area contributed by atoms with Gasteiger partial charge in [0, 0.05) is 25.4 Å². The summed E-state index contributed by atoms with van der Waals surface area (Å²) in [5, 5.41) is 26.5. The number of para-hydroxylation sites is 1. The molecule has 0 saturated carbocycles. The van der Waals surface area contributed by atoms with Crippen molar-refractivity contribution in [3.05, 3.63) is 114 Å². The normalized spacial score (nSPS) is 17.0. The van der Waals surface area contributed by atoms with Gasteiger partial charge < -0.3 is 37.4 Å². The molecule has 4 aromatic rings. The van der Waals surface area contributed by atoms with Crippen LogP contribution < -0.4 is 32.3 Å². The number of aromatic nitrogens is 1. The van der Waals surface area contributed by atoms with Gasteiger partial charge in [0.15, 0.2) is 0 Å². The summed E-state index contributed by atoms with van der Waals surface area (Å²) in [6, 6.07) is 24.2. The number of likely N-dealkylation sites (N-methyl/N-ethyl adjacent to an activating group) is 1. The first-order chi connectivity index (χ1) is 28.9. The maximum absolute atomic E-state index is 14.0. The number of hydrogen-bond donors (Lipinski definition) is 7. The highest BCUT2D eigenvalue weighted by molar-refractivity contribution is 5.99. The summed E-state index contributed by atoms with van der Waals surface area (Å²) in [6.45, 7) is 4.22. The van der Waals surface area contributed by atoms with Gasteiger partial charge in [0.05, 0.1) is 30.1 Å². The first-order valence-corrected chi connectivity index (χ1v) is 20.4. The third kappa shape index (κ3) is 12.4. The van der Waals surface area contributed by atoms with E-state index in [0.29, 0.717) is 31.3 Å². The van der Waals surface area contributed by atoms with Crippen LogP contribution in [0.4, 0.5) is 0 Å². The average Bonchev–Trinajstić information content (AvgIpc) is 3.72. The second kappa shape index (κ2) is 21.7. The zero-order valence-electron chi connectivity index (χ0n) is 34.3. The van der Waals surface area contributed by atoms with Crippen molar-refractivity contribution in [2.75, 3.05) is 20.1 Å². The molecule has 0 aliphatic carbocycles. The zero-order valence-corrected chi connectivity index (χ0v) is 34.3. The summed E-state index contributed by atoms with van der Waals surface area (Å²) in [5.74, 6) is -3.74. The molecule has 2 heterocycles. The first-order valence-electron chi connectivity index (χ1n) is 20.4. The van der Waals surface area contributed by atoms with Crippen LogP contribution in [0.25, 0.3) is 10.9 Å². The summed E-state index contributed by atoms with van der Waals surface area (Å²) in [5.41, 5.74) is 7.81. The molecule has 0 bridgehead atoms. The topological polar surface area (TPSA) is 225 Å². The van der Waals surface area contributed by atoms with Crippen LogP contribution in [0.2, 0.25) is 0 Å². The Kier molecular flexibility index (Phi) is 16.2. The number of β-amino-alcohol motifs (C(OH)–C–C–N with tert-alkyl or cyclic N) is 1. The Morgan fingerprint density at radius 2 is 1.43 bits per heavy atom. The van der Waals surface area contributed by atoms with Crippen molar-refractivity contribution < 1.29 is 33.9 Å². The molecule has 3 aromatic carbocycles. The maximum Gasteiger partial charge on any atom is 0.270 e.